The highest BCUT2D eigenvalue weighted by Crippen LogP contribution is 2.38. The van der Waals surface area contributed by atoms with E-state index < -0.39 is 11.9 Å². The molecule has 0 spiro atoms. The van der Waals surface area contributed by atoms with Crippen molar-refractivity contribution in [2.24, 2.45) is 0 Å². The molecule has 0 bridgehead atoms. The average Bonchev–Trinajstić information content (AvgIpc) is 2.76. The molecule has 0 atom stereocenters. The van der Waals surface area contributed by atoms with E-state index in [4.69, 9.17) is 26.3 Å². The van der Waals surface area contributed by atoms with Gasteiger partial charge < -0.3 is 19.6 Å². The third kappa shape index (κ3) is 4.17. The van der Waals surface area contributed by atoms with Gasteiger partial charge in [0.25, 0.3) is 0 Å². The lowest BCUT2D eigenvalue weighted by Gasteiger charge is -2.34. The Labute approximate surface area is 191 Å². The van der Waals surface area contributed by atoms with Crippen molar-refractivity contribution in [3.05, 3.63) is 51.3 Å². The fraction of sp³-hybridized carbons (Fsp3) is 0.286. The highest BCUT2D eigenvalue weighted by Gasteiger charge is 2.25. The molecular weight excluding hydrogens is 491 g/mol. The number of halogens is 3. The van der Waals surface area contributed by atoms with Gasteiger partial charge in [-0.15, -0.1) is 0 Å². The zero-order valence-electron chi connectivity index (χ0n) is 16.6. The van der Waals surface area contributed by atoms with Gasteiger partial charge in [0.1, 0.15) is 11.6 Å². The van der Waals surface area contributed by atoms with Crippen molar-refractivity contribution < 1.29 is 19.0 Å². The molecule has 1 saturated heterocycles. The standard InChI is InChI=1S/C21H19BrClFN4O3/c1-31-11-16-17(22)19-13(20(25-16)27-6-8-28(9-7-27)21(29)30)10-14(23)18(26-19)12-4-2-3-5-15(12)24/h2-5,10H,6-9,11H2,1H3,(H,29,30). The number of hydrogen-bond donors (Lipinski definition) is 1. The molecule has 10 heteroatoms. The van der Waals surface area contributed by atoms with Crippen LogP contribution in [0.25, 0.3) is 22.2 Å². The predicted molar refractivity (Wildman–Crippen MR) is 120 cm³/mol. The molecule has 162 valence electrons. The number of hydrogen-bond acceptors (Lipinski definition) is 5. The fourth-order valence-electron chi connectivity index (χ4n) is 3.63. The number of pyridine rings is 2. The van der Waals surface area contributed by atoms with Crippen molar-refractivity contribution in [3.8, 4) is 11.3 Å². The summed E-state index contributed by atoms with van der Waals surface area (Å²) in [6.45, 7) is 1.94. The molecule has 4 rings (SSSR count). The fourth-order valence-corrected chi connectivity index (χ4v) is 4.38. The monoisotopic (exact) mass is 508 g/mol. The van der Waals surface area contributed by atoms with Crippen molar-refractivity contribution in [2.45, 2.75) is 6.61 Å². The van der Waals surface area contributed by atoms with E-state index in [0.29, 0.717) is 69.3 Å². The van der Waals surface area contributed by atoms with Gasteiger partial charge in [0.05, 0.1) is 33.0 Å². The molecule has 3 heterocycles. The Hall–Kier alpha value is -2.49. The Balaban J connectivity index is 1.87. The molecule has 2 aromatic heterocycles. The van der Waals surface area contributed by atoms with Gasteiger partial charge in [-0.25, -0.2) is 19.2 Å². The molecule has 0 radical (unpaired) electrons. The number of fused-ring (bicyclic) bond motifs is 1. The molecule has 1 aliphatic heterocycles. The van der Waals surface area contributed by atoms with Crippen LogP contribution in [0.5, 0.6) is 0 Å². The van der Waals surface area contributed by atoms with Crippen LogP contribution >= 0.6 is 27.5 Å². The third-order valence-electron chi connectivity index (χ3n) is 5.18. The Bertz CT molecular complexity index is 1160. The topological polar surface area (TPSA) is 78.8 Å². The molecule has 31 heavy (non-hydrogen) atoms. The molecule has 1 aliphatic rings. The van der Waals surface area contributed by atoms with Crippen molar-refractivity contribution in [2.75, 3.05) is 38.2 Å². The van der Waals surface area contributed by atoms with Crippen LogP contribution < -0.4 is 4.90 Å². The summed E-state index contributed by atoms with van der Waals surface area (Å²) in [5.74, 6) is 0.230. The number of rotatable bonds is 4. The van der Waals surface area contributed by atoms with Crippen LogP contribution in [0.3, 0.4) is 0 Å². The highest BCUT2D eigenvalue weighted by molar-refractivity contribution is 9.10. The number of piperazine rings is 1. The summed E-state index contributed by atoms with van der Waals surface area (Å²) < 4.78 is 20.4. The van der Waals surface area contributed by atoms with Gasteiger partial charge in [-0.2, -0.15) is 0 Å². The summed E-state index contributed by atoms with van der Waals surface area (Å²) >= 11 is 10.1. The summed E-state index contributed by atoms with van der Waals surface area (Å²) in [5.41, 5.74) is 1.87. The SMILES string of the molecule is COCc1nc(N2CCN(C(=O)O)CC2)c2cc(Cl)c(-c3ccccc3F)nc2c1Br. The predicted octanol–water partition coefficient (Wildman–Crippen LogP) is 4.80. The van der Waals surface area contributed by atoms with Gasteiger partial charge in [-0.05, 0) is 34.1 Å². The first kappa shape index (κ1) is 21.7. The number of carboxylic acid groups (broad SMARTS) is 1. The molecular formula is C21H19BrClFN4O3. The van der Waals surface area contributed by atoms with Crippen LogP contribution in [0.2, 0.25) is 5.02 Å². The number of benzene rings is 1. The number of aromatic nitrogens is 2. The van der Waals surface area contributed by atoms with Crippen molar-refractivity contribution in [1.82, 2.24) is 14.9 Å². The lowest BCUT2D eigenvalue weighted by atomic mass is 10.1. The van der Waals surface area contributed by atoms with E-state index in [9.17, 15) is 14.3 Å². The lowest BCUT2D eigenvalue weighted by molar-refractivity contribution is 0.142. The van der Waals surface area contributed by atoms with Crippen LogP contribution in [-0.2, 0) is 11.3 Å². The number of amides is 1. The molecule has 0 unspecified atom stereocenters. The lowest BCUT2D eigenvalue weighted by Crippen LogP contribution is -2.48. The Morgan fingerprint density at radius 2 is 1.97 bits per heavy atom. The van der Waals surface area contributed by atoms with E-state index in [1.54, 1.807) is 31.4 Å². The van der Waals surface area contributed by atoms with E-state index in [-0.39, 0.29) is 6.61 Å². The minimum absolute atomic E-state index is 0.248. The van der Waals surface area contributed by atoms with E-state index in [1.807, 2.05) is 4.90 Å². The van der Waals surface area contributed by atoms with Crippen molar-refractivity contribution >= 4 is 50.3 Å². The normalized spacial score (nSPS) is 14.3. The van der Waals surface area contributed by atoms with Gasteiger partial charge in [0.2, 0.25) is 0 Å². The van der Waals surface area contributed by atoms with Crippen LogP contribution in [0.1, 0.15) is 5.69 Å². The summed E-state index contributed by atoms with van der Waals surface area (Å²) in [6, 6.07) is 8.07. The first-order chi connectivity index (χ1) is 14.9. The zero-order chi connectivity index (χ0) is 22.1. The third-order valence-corrected chi connectivity index (χ3v) is 6.30. The Morgan fingerprint density at radius 3 is 2.61 bits per heavy atom. The van der Waals surface area contributed by atoms with Gasteiger partial charge in [0, 0.05) is 44.2 Å². The summed E-state index contributed by atoms with van der Waals surface area (Å²) in [4.78, 5) is 24.1. The number of nitrogens with zero attached hydrogens (tertiary/aromatic N) is 4. The molecule has 3 aromatic rings. The second kappa shape index (κ2) is 8.94. The highest BCUT2D eigenvalue weighted by atomic mass is 79.9. The maximum atomic E-state index is 14.4. The van der Waals surface area contributed by atoms with E-state index >= 15 is 0 Å². The van der Waals surface area contributed by atoms with Gasteiger partial charge in [-0.3, -0.25) is 0 Å². The molecule has 1 aromatic carbocycles. The van der Waals surface area contributed by atoms with Crippen LogP contribution in [-0.4, -0.2) is 59.4 Å². The molecule has 0 aliphatic carbocycles. The van der Waals surface area contributed by atoms with E-state index in [1.165, 1.54) is 11.0 Å². The minimum Gasteiger partial charge on any atom is -0.465 e. The van der Waals surface area contributed by atoms with Gasteiger partial charge in [0.15, 0.2) is 0 Å². The second-order valence-corrected chi connectivity index (χ2v) is 8.28. The van der Waals surface area contributed by atoms with Crippen LogP contribution in [0.15, 0.2) is 34.8 Å². The average molecular weight is 510 g/mol. The molecule has 0 saturated carbocycles. The smallest absolute Gasteiger partial charge is 0.407 e. The molecule has 1 amide bonds. The van der Waals surface area contributed by atoms with Crippen LogP contribution in [0.4, 0.5) is 15.0 Å². The largest absolute Gasteiger partial charge is 0.465 e. The molecule has 7 nitrogen and oxygen atoms in total. The quantitative estimate of drug-likeness (QED) is 0.544. The first-order valence-electron chi connectivity index (χ1n) is 9.56. The van der Waals surface area contributed by atoms with Gasteiger partial charge in [-0.1, -0.05) is 23.7 Å². The molecule has 1 N–H and O–H groups in total. The van der Waals surface area contributed by atoms with Crippen molar-refractivity contribution in [3.63, 3.8) is 0 Å². The summed E-state index contributed by atoms with van der Waals surface area (Å²) in [6.07, 6.45) is -0.937. The minimum atomic E-state index is -0.937. The number of ether oxygens (including phenoxy) is 1. The first-order valence-corrected chi connectivity index (χ1v) is 10.7. The second-order valence-electron chi connectivity index (χ2n) is 7.08. The summed E-state index contributed by atoms with van der Waals surface area (Å²) in [7, 11) is 1.57. The Morgan fingerprint density at radius 1 is 1.26 bits per heavy atom. The zero-order valence-corrected chi connectivity index (χ0v) is 19.0. The molecule has 1 fully saturated rings. The number of methoxy groups -OCH3 is 1. The number of anilines is 1. The maximum absolute atomic E-state index is 14.4. The Kier molecular flexibility index (Phi) is 6.27. The van der Waals surface area contributed by atoms with E-state index in [0.717, 1.165) is 0 Å². The van der Waals surface area contributed by atoms with E-state index in [2.05, 4.69) is 15.9 Å². The van der Waals surface area contributed by atoms with Crippen LogP contribution in [0, 0.1) is 5.82 Å². The summed E-state index contributed by atoms with van der Waals surface area (Å²) in [5, 5.41) is 10.2. The van der Waals surface area contributed by atoms with Crippen molar-refractivity contribution in [1.29, 1.82) is 0 Å². The number of carbonyl (C=O) groups is 1. The van der Waals surface area contributed by atoms with Gasteiger partial charge >= 0.3 is 6.09 Å². The maximum Gasteiger partial charge on any atom is 0.407 e.